The number of hydrogen-bond acceptors (Lipinski definition) is 0. The molecular weight excluding hydrogens is 168 g/mol. The highest BCUT2D eigenvalue weighted by Gasteiger charge is 2.19. The minimum Gasteiger partial charge on any atom is -0.0619 e. The van der Waals surface area contributed by atoms with Crippen LogP contribution >= 0.6 is 0 Å². The molecule has 0 atom stereocenters. The summed E-state index contributed by atoms with van der Waals surface area (Å²) < 4.78 is 0. The van der Waals surface area contributed by atoms with Crippen LogP contribution in [0.5, 0.6) is 0 Å². The lowest BCUT2D eigenvalue weighted by molar-refractivity contribution is 0.542. The van der Waals surface area contributed by atoms with E-state index in [-0.39, 0.29) is 0 Å². The van der Waals surface area contributed by atoms with Crippen LogP contribution in [-0.4, -0.2) is 0 Å². The van der Waals surface area contributed by atoms with E-state index in [0.717, 1.165) is 0 Å². The molecule has 0 saturated heterocycles. The molecule has 0 aliphatic heterocycles. The molecule has 1 aromatic carbocycles. The van der Waals surface area contributed by atoms with Gasteiger partial charge in [0.1, 0.15) is 0 Å². The summed E-state index contributed by atoms with van der Waals surface area (Å²) in [7, 11) is 0. The first-order chi connectivity index (χ1) is 6.52. The van der Waals surface area contributed by atoms with Crippen LogP contribution in [0.15, 0.2) is 24.3 Å². The first kappa shape index (κ1) is 11.3. The van der Waals surface area contributed by atoms with Crippen molar-refractivity contribution in [2.24, 2.45) is 11.8 Å². The molecule has 0 amide bonds. The van der Waals surface area contributed by atoms with Crippen LogP contribution in [0.1, 0.15) is 38.8 Å². The van der Waals surface area contributed by atoms with Crippen molar-refractivity contribution in [1.29, 1.82) is 0 Å². The molecule has 0 heteroatoms. The maximum atomic E-state index is 2.27. The van der Waals surface area contributed by atoms with Gasteiger partial charge in [-0.05, 0) is 24.3 Å². The van der Waals surface area contributed by atoms with E-state index in [0.29, 0.717) is 11.8 Å². The van der Waals surface area contributed by atoms with Gasteiger partial charge >= 0.3 is 0 Å². The molecule has 1 rings (SSSR count). The van der Waals surface area contributed by atoms with Crippen molar-refractivity contribution in [2.75, 3.05) is 0 Å². The Kier molecular flexibility index (Phi) is 3.74. The molecule has 0 N–H and O–H groups in total. The van der Waals surface area contributed by atoms with E-state index < -0.39 is 0 Å². The largest absolute Gasteiger partial charge is 0.0619 e. The molecule has 0 aromatic heterocycles. The predicted molar refractivity (Wildman–Crippen MR) is 63.2 cm³/mol. The number of hydrogen-bond donors (Lipinski definition) is 0. The van der Waals surface area contributed by atoms with Gasteiger partial charge in [-0.1, -0.05) is 57.5 Å². The molecule has 77 valence electrons. The molecule has 1 aromatic rings. The third-order valence-corrected chi connectivity index (χ3v) is 2.63. The topological polar surface area (TPSA) is 0 Å². The maximum absolute atomic E-state index is 2.27. The zero-order chi connectivity index (χ0) is 10.7. The summed E-state index contributed by atoms with van der Waals surface area (Å²) in [5, 5.41) is 0. The third-order valence-electron chi connectivity index (χ3n) is 2.63. The summed E-state index contributed by atoms with van der Waals surface area (Å²) in [4.78, 5) is 0. The Bertz CT molecular complexity index is 259. The molecule has 0 saturated carbocycles. The van der Waals surface area contributed by atoms with E-state index in [1.165, 1.54) is 11.1 Å². The van der Waals surface area contributed by atoms with E-state index in [4.69, 9.17) is 0 Å². The van der Waals surface area contributed by atoms with Gasteiger partial charge in [0.25, 0.3) is 0 Å². The third kappa shape index (κ3) is 2.60. The fourth-order valence-corrected chi connectivity index (χ4v) is 2.08. The molecule has 0 nitrogen and oxygen atoms in total. The molecule has 14 heavy (non-hydrogen) atoms. The monoisotopic (exact) mass is 189 g/mol. The van der Waals surface area contributed by atoms with Crippen LogP contribution in [0.3, 0.4) is 0 Å². The Morgan fingerprint density at radius 1 is 0.857 bits per heavy atom. The van der Waals surface area contributed by atoms with Gasteiger partial charge in [-0.25, -0.2) is 0 Å². The summed E-state index contributed by atoms with van der Waals surface area (Å²) in [6.07, 6.45) is 0. The number of aryl methyl sites for hydroxylation is 1. The quantitative estimate of drug-likeness (QED) is 0.667. The van der Waals surface area contributed by atoms with Crippen molar-refractivity contribution in [3.05, 3.63) is 41.3 Å². The molecular formula is C14H21. The van der Waals surface area contributed by atoms with Gasteiger partial charge in [-0.3, -0.25) is 0 Å². The van der Waals surface area contributed by atoms with Crippen molar-refractivity contribution >= 4 is 0 Å². The van der Waals surface area contributed by atoms with E-state index >= 15 is 0 Å². The standard InChI is InChI=1S/C14H21/c1-10(2)14(11(3)4)13-8-6-12(5)7-9-13/h6-11H,1-5H3. The fourth-order valence-electron chi connectivity index (χ4n) is 2.08. The minimum atomic E-state index is 0.637. The van der Waals surface area contributed by atoms with E-state index in [1.54, 1.807) is 5.92 Å². The zero-order valence-corrected chi connectivity index (χ0v) is 9.96. The van der Waals surface area contributed by atoms with E-state index in [1.807, 2.05) is 0 Å². The lowest BCUT2D eigenvalue weighted by Crippen LogP contribution is -2.14. The molecule has 0 fully saturated rings. The Hall–Kier alpha value is -0.780. The van der Waals surface area contributed by atoms with Crippen molar-refractivity contribution < 1.29 is 0 Å². The first-order valence-electron chi connectivity index (χ1n) is 5.46. The second-order valence-electron chi connectivity index (χ2n) is 4.63. The Morgan fingerprint density at radius 2 is 1.29 bits per heavy atom. The van der Waals surface area contributed by atoms with Crippen LogP contribution in [0.4, 0.5) is 0 Å². The molecule has 0 aliphatic carbocycles. The van der Waals surface area contributed by atoms with Crippen LogP contribution in [0.2, 0.25) is 0 Å². The summed E-state index contributed by atoms with van der Waals surface area (Å²) in [5.41, 5.74) is 2.74. The first-order valence-corrected chi connectivity index (χ1v) is 5.46. The summed E-state index contributed by atoms with van der Waals surface area (Å²) in [6, 6.07) is 8.87. The Labute approximate surface area is 88.4 Å². The van der Waals surface area contributed by atoms with Crippen molar-refractivity contribution in [3.63, 3.8) is 0 Å². The summed E-state index contributed by atoms with van der Waals surface area (Å²) in [6.45, 7) is 11.2. The van der Waals surface area contributed by atoms with E-state index in [2.05, 4.69) is 58.9 Å². The molecule has 1 radical (unpaired) electrons. The van der Waals surface area contributed by atoms with Gasteiger partial charge in [0.15, 0.2) is 0 Å². The Balaban J connectivity index is 2.94. The number of benzene rings is 1. The second kappa shape index (κ2) is 4.63. The molecule has 0 unspecified atom stereocenters. The average Bonchev–Trinajstić information content (AvgIpc) is 2.07. The van der Waals surface area contributed by atoms with Gasteiger partial charge in [0.05, 0.1) is 0 Å². The zero-order valence-electron chi connectivity index (χ0n) is 9.96. The van der Waals surface area contributed by atoms with Crippen LogP contribution in [0.25, 0.3) is 0 Å². The van der Waals surface area contributed by atoms with Gasteiger partial charge in [-0.15, -0.1) is 0 Å². The SMILES string of the molecule is Cc1ccc([C](C(C)C)C(C)C)cc1. The van der Waals surface area contributed by atoms with Gasteiger partial charge < -0.3 is 0 Å². The molecule has 0 heterocycles. The van der Waals surface area contributed by atoms with E-state index in [9.17, 15) is 0 Å². The average molecular weight is 189 g/mol. The van der Waals surface area contributed by atoms with Crippen molar-refractivity contribution in [1.82, 2.24) is 0 Å². The maximum Gasteiger partial charge on any atom is 0.0101 e. The van der Waals surface area contributed by atoms with Gasteiger partial charge in [0, 0.05) is 5.92 Å². The molecule has 0 bridgehead atoms. The number of rotatable bonds is 3. The smallest absolute Gasteiger partial charge is 0.0101 e. The normalized spacial score (nSPS) is 11.7. The molecule has 0 aliphatic rings. The van der Waals surface area contributed by atoms with Crippen LogP contribution < -0.4 is 0 Å². The van der Waals surface area contributed by atoms with Crippen molar-refractivity contribution in [3.8, 4) is 0 Å². The lowest BCUT2D eigenvalue weighted by atomic mass is 9.80. The highest BCUT2D eigenvalue weighted by molar-refractivity contribution is 5.34. The molecule has 0 spiro atoms. The van der Waals surface area contributed by atoms with Crippen molar-refractivity contribution in [2.45, 2.75) is 34.6 Å². The summed E-state index contributed by atoms with van der Waals surface area (Å²) in [5.74, 6) is 2.83. The van der Waals surface area contributed by atoms with Crippen LogP contribution in [-0.2, 0) is 0 Å². The Morgan fingerprint density at radius 3 is 1.64 bits per heavy atom. The predicted octanol–water partition coefficient (Wildman–Crippen LogP) is 4.23. The lowest BCUT2D eigenvalue weighted by Gasteiger charge is -2.24. The van der Waals surface area contributed by atoms with Gasteiger partial charge in [-0.2, -0.15) is 0 Å². The summed E-state index contributed by atoms with van der Waals surface area (Å²) >= 11 is 0. The van der Waals surface area contributed by atoms with Crippen LogP contribution in [0, 0.1) is 24.7 Å². The minimum absolute atomic E-state index is 0.637. The fraction of sp³-hybridized carbons (Fsp3) is 0.500. The highest BCUT2D eigenvalue weighted by Crippen LogP contribution is 2.30. The second-order valence-corrected chi connectivity index (χ2v) is 4.63. The highest BCUT2D eigenvalue weighted by atomic mass is 14.2. The van der Waals surface area contributed by atoms with Gasteiger partial charge in [0.2, 0.25) is 0 Å².